The molecule has 0 bridgehead atoms. The van der Waals surface area contributed by atoms with Gasteiger partial charge in [0, 0.05) is 11.5 Å². The van der Waals surface area contributed by atoms with Crippen molar-refractivity contribution in [1.82, 2.24) is 9.97 Å². The smallest absolute Gasteiger partial charge is 0.220 e. The highest BCUT2D eigenvalue weighted by Gasteiger charge is 2.02. The molecule has 1 heterocycles. The molecule has 4 nitrogen and oxygen atoms in total. The summed E-state index contributed by atoms with van der Waals surface area (Å²) in [6.45, 7) is 1.86. The Balaban J connectivity index is 2.86. The van der Waals surface area contributed by atoms with Gasteiger partial charge in [-0.05, 0) is 19.1 Å². The lowest BCUT2D eigenvalue weighted by atomic mass is 10.2. The fourth-order valence-corrected chi connectivity index (χ4v) is 1.30. The van der Waals surface area contributed by atoms with Gasteiger partial charge in [0.1, 0.15) is 5.75 Å². The van der Waals surface area contributed by atoms with E-state index in [1.807, 2.05) is 6.92 Å². The van der Waals surface area contributed by atoms with Crippen molar-refractivity contribution in [3.05, 3.63) is 23.9 Å². The minimum atomic E-state index is 0.185. The number of hydrogen-bond donors (Lipinski definition) is 2. The van der Waals surface area contributed by atoms with Crippen LogP contribution in [0, 0.1) is 6.92 Å². The number of nitrogens with zero attached hydrogens (tertiary/aromatic N) is 2. The molecule has 4 heteroatoms. The number of fused-ring (bicyclic) bond motifs is 1. The van der Waals surface area contributed by atoms with Gasteiger partial charge in [-0.1, -0.05) is 0 Å². The summed E-state index contributed by atoms with van der Waals surface area (Å²) < 4.78 is 0. The van der Waals surface area contributed by atoms with Crippen molar-refractivity contribution in [2.24, 2.45) is 0 Å². The summed E-state index contributed by atoms with van der Waals surface area (Å²) in [5, 5.41) is 10.1. The van der Waals surface area contributed by atoms with Gasteiger partial charge in [0.2, 0.25) is 5.95 Å². The molecule has 0 radical (unpaired) electrons. The molecular formula is C9H9N3O. The van der Waals surface area contributed by atoms with Crippen LogP contribution in [0.3, 0.4) is 0 Å². The maximum atomic E-state index is 9.21. The number of aromatic nitrogens is 2. The minimum Gasteiger partial charge on any atom is -0.508 e. The van der Waals surface area contributed by atoms with Gasteiger partial charge >= 0.3 is 0 Å². The quantitative estimate of drug-likeness (QED) is 0.631. The van der Waals surface area contributed by atoms with Gasteiger partial charge in [0.25, 0.3) is 0 Å². The first kappa shape index (κ1) is 7.79. The van der Waals surface area contributed by atoms with Crippen LogP contribution in [0.2, 0.25) is 0 Å². The van der Waals surface area contributed by atoms with Crippen LogP contribution in [-0.2, 0) is 0 Å². The maximum Gasteiger partial charge on any atom is 0.220 e. The van der Waals surface area contributed by atoms with E-state index in [4.69, 9.17) is 5.73 Å². The van der Waals surface area contributed by atoms with Gasteiger partial charge in [-0.25, -0.2) is 9.97 Å². The number of hydrogen-bond acceptors (Lipinski definition) is 4. The predicted octanol–water partition coefficient (Wildman–Crippen LogP) is 1.23. The molecule has 1 aromatic carbocycles. The molecule has 0 aliphatic carbocycles. The molecule has 0 spiro atoms. The largest absolute Gasteiger partial charge is 0.508 e. The van der Waals surface area contributed by atoms with E-state index in [-0.39, 0.29) is 11.7 Å². The van der Waals surface area contributed by atoms with E-state index in [0.29, 0.717) is 5.52 Å². The normalized spacial score (nSPS) is 10.5. The van der Waals surface area contributed by atoms with E-state index in [1.54, 1.807) is 18.2 Å². The van der Waals surface area contributed by atoms with Crippen molar-refractivity contribution >= 4 is 16.9 Å². The summed E-state index contributed by atoms with van der Waals surface area (Å²) in [5.74, 6) is 0.417. The molecule has 0 amide bonds. The molecular weight excluding hydrogens is 166 g/mol. The zero-order valence-electron chi connectivity index (χ0n) is 7.15. The molecule has 0 aliphatic heterocycles. The van der Waals surface area contributed by atoms with Gasteiger partial charge in [-0.15, -0.1) is 0 Å². The summed E-state index contributed by atoms with van der Waals surface area (Å²) in [6, 6.07) is 4.95. The maximum absolute atomic E-state index is 9.21. The minimum absolute atomic E-state index is 0.185. The van der Waals surface area contributed by atoms with Gasteiger partial charge in [-0.2, -0.15) is 0 Å². The Morgan fingerprint density at radius 2 is 2.08 bits per heavy atom. The van der Waals surface area contributed by atoms with Crippen LogP contribution < -0.4 is 5.73 Å². The standard InChI is InChI=1S/C9H9N3O/c1-5-7-3-2-6(13)4-8(7)12-9(10)11-5/h2-4,13H,1H3,(H2,10,11,12). The summed E-state index contributed by atoms with van der Waals surface area (Å²) >= 11 is 0. The van der Waals surface area contributed by atoms with Crippen LogP contribution >= 0.6 is 0 Å². The highest BCUT2D eigenvalue weighted by atomic mass is 16.3. The van der Waals surface area contributed by atoms with Crippen LogP contribution in [0.4, 0.5) is 5.95 Å². The number of rotatable bonds is 0. The van der Waals surface area contributed by atoms with E-state index in [2.05, 4.69) is 9.97 Å². The van der Waals surface area contributed by atoms with Gasteiger partial charge < -0.3 is 10.8 Å². The second-order valence-electron chi connectivity index (χ2n) is 2.87. The van der Waals surface area contributed by atoms with Crippen molar-refractivity contribution in [3.63, 3.8) is 0 Å². The third-order valence-corrected chi connectivity index (χ3v) is 1.89. The predicted molar refractivity (Wildman–Crippen MR) is 50.4 cm³/mol. The lowest BCUT2D eigenvalue weighted by molar-refractivity contribution is 0.476. The van der Waals surface area contributed by atoms with E-state index in [9.17, 15) is 5.11 Å². The molecule has 0 aliphatic rings. The van der Waals surface area contributed by atoms with Crippen LogP contribution in [0.15, 0.2) is 18.2 Å². The summed E-state index contributed by atoms with van der Waals surface area (Å²) in [7, 11) is 0. The average molecular weight is 175 g/mol. The Morgan fingerprint density at radius 1 is 1.31 bits per heavy atom. The fourth-order valence-electron chi connectivity index (χ4n) is 1.30. The zero-order valence-corrected chi connectivity index (χ0v) is 7.15. The molecule has 3 N–H and O–H groups in total. The monoisotopic (exact) mass is 175 g/mol. The Bertz CT molecular complexity index is 462. The first-order chi connectivity index (χ1) is 6.16. The second kappa shape index (κ2) is 2.58. The average Bonchev–Trinajstić information content (AvgIpc) is 2.02. The van der Waals surface area contributed by atoms with Crippen LogP contribution in [-0.4, -0.2) is 15.1 Å². The first-order valence-electron chi connectivity index (χ1n) is 3.89. The number of nitrogen functional groups attached to an aromatic ring is 1. The zero-order chi connectivity index (χ0) is 9.42. The van der Waals surface area contributed by atoms with E-state index in [0.717, 1.165) is 11.1 Å². The molecule has 0 atom stereocenters. The fraction of sp³-hybridized carbons (Fsp3) is 0.111. The molecule has 0 saturated carbocycles. The van der Waals surface area contributed by atoms with Crippen molar-refractivity contribution in [3.8, 4) is 5.75 Å². The number of phenolic OH excluding ortho intramolecular Hbond substituents is 1. The van der Waals surface area contributed by atoms with Crippen molar-refractivity contribution in [2.75, 3.05) is 5.73 Å². The Labute approximate surface area is 75.1 Å². The Kier molecular flexibility index (Phi) is 1.55. The van der Waals surface area contributed by atoms with Crippen LogP contribution in [0.25, 0.3) is 10.9 Å². The molecule has 0 unspecified atom stereocenters. The number of phenols is 1. The molecule has 13 heavy (non-hydrogen) atoms. The Morgan fingerprint density at radius 3 is 2.85 bits per heavy atom. The van der Waals surface area contributed by atoms with Crippen molar-refractivity contribution in [1.29, 1.82) is 0 Å². The third-order valence-electron chi connectivity index (χ3n) is 1.89. The Hall–Kier alpha value is -1.84. The summed E-state index contributed by atoms with van der Waals surface area (Å²) in [6.07, 6.45) is 0. The van der Waals surface area contributed by atoms with E-state index in [1.165, 1.54) is 0 Å². The number of benzene rings is 1. The topological polar surface area (TPSA) is 72.0 Å². The molecule has 2 aromatic rings. The van der Waals surface area contributed by atoms with Gasteiger partial charge in [-0.3, -0.25) is 0 Å². The highest BCUT2D eigenvalue weighted by molar-refractivity contribution is 5.82. The lowest BCUT2D eigenvalue weighted by Crippen LogP contribution is -1.97. The molecule has 0 saturated heterocycles. The van der Waals surface area contributed by atoms with Crippen LogP contribution in [0.5, 0.6) is 5.75 Å². The van der Waals surface area contributed by atoms with Gasteiger partial charge in [0.05, 0.1) is 11.2 Å². The second-order valence-corrected chi connectivity index (χ2v) is 2.87. The molecule has 2 rings (SSSR count). The molecule has 0 fully saturated rings. The summed E-state index contributed by atoms with van der Waals surface area (Å²) in [4.78, 5) is 8.02. The van der Waals surface area contributed by atoms with Crippen molar-refractivity contribution in [2.45, 2.75) is 6.92 Å². The first-order valence-corrected chi connectivity index (χ1v) is 3.89. The summed E-state index contributed by atoms with van der Waals surface area (Å²) in [5.41, 5.74) is 6.96. The van der Waals surface area contributed by atoms with Crippen molar-refractivity contribution < 1.29 is 5.11 Å². The number of nitrogens with two attached hydrogens (primary N) is 1. The van der Waals surface area contributed by atoms with Crippen LogP contribution in [0.1, 0.15) is 5.69 Å². The number of anilines is 1. The van der Waals surface area contributed by atoms with Gasteiger partial charge in [0.15, 0.2) is 0 Å². The number of aromatic hydroxyl groups is 1. The molecule has 1 aromatic heterocycles. The molecule has 66 valence electrons. The highest BCUT2D eigenvalue weighted by Crippen LogP contribution is 2.20. The third kappa shape index (κ3) is 1.26. The number of aryl methyl sites for hydroxylation is 1. The lowest BCUT2D eigenvalue weighted by Gasteiger charge is -2.01. The SMILES string of the molecule is Cc1nc(N)nc2cc(O)ccc12. The van der Waals surface area contributed by atoms with E-state index < -0.39 is 0 Å². The van der Waals surface area contributed by atoms with E-state index >= 15 is 0 Å².